The summed E-state index contributed by atoms with van der Waals surface area (Å²) in [4.78, 5) is 2.45. The predicted molar refractivity (Wildman–Crippen MR) is 83.8 cm³/mol. The Hall–Kier alpha value is -1.50. The van der Waals surface area contributed by atoms with E-state index >= 15 is 0 Å². The van der Waals surface area contributed by atoms with Gasteiger partial charge in [0.25, 0.3) is 0 Å². The molecule has 0 radical (unpaired) electrons. The highest BCUT2D eigenvalue weighted by Crippen LogP contribution is 2.37. The first-order valence-corrected chi connectivity index (χ1v) is 7.38. The fourth-order valence-electron chi connectivity index (χ4n) is 2.36. The van der Waals surface area contributed by atoms with Crippen LogP contribution in [0.3, 0.4) is 0 Å². The van der Waals surface area contributed by atoms with Gasteiger partial charge in [0.1, 0.15) is 0 Å². The lowest BCUT2D eigenvalue weighted by Gasteiger charge is -2.25. The predicted octanol–water partition coefficient (Wildman–Crippen LogP) is 4.73. The number of hydrogen-bond acceptors (Lipinski definition) is 1. The largest absolute Gasteiger partial charge is 0.371 e. The molecule has 0 aromatic heterocycles. The average Bonchev–Trinajstić information content (AvgIpc) is 3.28. The molecule has 1 aliphatic carbocycles. The second-order valence-corrected chi connectivity index (χ2v) is 5.46. The monoisotopic (exact) mass is 255 g/mol. The van der Waals surface area contributed by atoms with Crippen LogP contribution in [0, 0.1) is 5.92 Å². The van der Waals surface area contributed by atoms with Crippen LogP contribution in [-0.4, -0.2) is 18.0 Å². The Morgan fingerprint density at radius 2 is 2.00 bits per heavy atom. The van der Waals surface area contributed by atoms with Gasteiger partial charge in [0.15, 0.2) is 0 Å². The summed E-state index contributed by atoms with van der Waals surface area (Å²) < 4.78 is 0. The van der Waals surface area contributed by atoms with Crippen LogP contribution in [-0.2, 0) is 0 Å². The first kappa shape index (κ1) is 13.9. The van der Waals surface area contributed by atoms with Gasteiger partial charge in [0, 0.05) is 18.8 Å². The molecule has 0 atom stereocenters. The quantitative estimate of drug-likeness (QED) is 0.681. The third-order valence-electron chi connectivity index (χ3n) is 3.80. The zero-order valence-corrected chi connectivity index (χ0v) is 12.2. The standard InChI is InChI=1S/C18H25N/c1-4-13-19(16(3)18-10-11-18)14-12-15(2)17-8-6-5-7-9-17/h5-9,12,18H,3-4,10-11,13-14H2,1-2H3/b15-12+. The maximum atomic E-state index is 4.28. The van der Waals surface area contributed by atoms with E-state index in [0.717, 1.165) is 19.0 Å². The minimum absolute atomic E-state index is 0.761. The smallest absolute Gasteiger partial charge is 0.0362 e. The van der Waals surface area contributed by atoms with E-state index in [9.17, 15) is 0 Å². The lowest BCUT2D eigenvalue weighted by atomic mass is 10.1. The van der Waals surface area contributed by atoms with Gasteiger partial charge < -0.3 is 4.90 Å². The van der Waals surface area contributed by atoms with Crippen molar-refractivity contribution in [3.05, 3.63) is 54.2 Å². The minimum Gasteiger partial charge on any atom is -0.371 e. The maximum absolute atomic E-state index is 4.28. The zero-order chi connectivity index (χ0) is 13.7. The highest BCUT2D eigenvalue weighted by molar-refractivity contribution is 5.63. The summed E-state index contributed by atoms with van der Waals surface area (Å²) in [6, 6.07) is 10.6. The highest BCUT2D eigenvalue weighted by atomic mass is 15.1. The Morgan fingerprint density at radius 3 is 2.58 bits per heavy atom. The Kier molecular flexibility index (Phi) is 4.84. The molecule has 1 saturated carbocycles. The van der Waals surface area contributed by atoms with Crippen molar-refractivity contribution < 1.29 is 0 Å². The van der Waals surface area contributed by atoms with Gasteiger partial charge in [-0.05, 0) is 43.2 Å². The topological polar surface area (TPSA) is 3.24 Å². The van der Waals surface area contributed by atoms with E-state index in [0.29, 0.717) is 0 Å². The molecule has 1 heteroatoms. The van der Waals surface area contributed by atoms with Crippen molar-refractivity contribution >= 4 is 5.57 Å². The molecule has 0 spiro atoms. The van der Waals surface area contributed by atoms with Crippen LogP contribution in [0.2, 0.25) is 0 Å². The third-order valence-corrected chi connectivity index (χ3v) is 3.80. The van der Waals surface area contributed by atoms with Crippen molar-refractivity contribution in [1.29, 1.82) is 0 Å². The fourth-order valence-corrected chi connectivity index (χ4v) is 2.36. The molecule has 1 aromatic carbocycles. The van der Waals surface area contributed by atoms with Crippen LogP contribution in [0.4, 0.5) is 0 Å². The molecule has 1 fully saturated rings. The average molecular weight is 255 g/mol. The van der Waals surface area contributed by atoms with Crippen LogP contribution >= 0.6 is 0 Å². The summed E-state index contributed by atoms with van der Waals surface area (Å²) in [6.45, 7) is 10.8. The molecule has 0 amide bonds. The summed E-state index contributed by atoms with van der Waals surface area (Å²) in [5.74, 6) is 0.761. The second kappa shape index (κ2) is 6.60. The number of hydrogen-bond donors (Lipinski definition) is 0. The number of rotatable bonds is 7. The van der Waals surface area contributed by atoms with Gasteiger partial charge in [-0.15, -0.1) is 0 Å². The molecular weight excluding hydrogens is 230 g/mol. The summed E-state index contributed by atoms with van der Waals surface area (Å²) >= 11 is 0. The Morgan fingerprint density at radius 1 is 1.32 bits per heavy atom. The normalized spacial score (nSPS) is 15.4. The fraction of sp³-hybridized carbons (Fsp3) is 0.444. The Balaban J connectivity index is 1.99. The SMILES string of the molecule is C=C(C1CC1)N(C/C=C(\C)c1ccccc1)CCC. The zero-order valence-electron chi connectivity index (χ0n) is 12.2. The summed E-state index contributed by atoms with van der Waals surface area (Å²) in [5, 5.41) is 0. The van der Waals surface area contributed by atoms with E-state index in [1.165, 1.54) is 36.1 Å². The molecule has 2 rings (SSSR count). The molecule has 19 heavy (non-hydrogen) atoms. The lowest BCUT2D eigenvalue weighted by molar-refractivity contribution is 0.362. The van der Waals surface area contributed by atoms with Gasteiger partial charge in [0.2, 0.25) is 0 Å². The molecule has 1 nitrogen and oxygen atoms in total. The Labute approximate surface area is 117 Å². The van der Waals surface area contributed by atoms with Gasteiger partial charge in [-0.25, -0.2) is 0 Å². The summed E-state index contributed by atoms with van der Waals surface area (Å²) in [5.41, 5.74) is 4.01. The molecule has 0 saturated heterocycles. The van der Waals surface area contributed by atoms with Gasteiger partial charge in [0.05, 0.1) is 0 Å². The number of benzene rings is 1. The van der Waals surface area contributed by atoms with Crippen LogP contribution in [0.25, 0.3) is 5.57 Å². The third kappa shape index (κ3) is 3.99. The van der Waals surface area contributed by atoms with Crippen molar-refractivity contribution in [1.82, 2.24) is 4.90 Å². The van der Waals surface area contributed by atoms with E-state index in [1.54, 1.807) is 0 Å². The van der Waals surface area contributed by atoms with Crippen molar-refractivity contribution in [3.63, 3.8) is 0 Å². The molecule has 0 unspecified atom stereocenters. The van der Waals surface area contributed by atoms with Gasteiger partial charge in [-0.2, -0.15) is 0 Å². The Bertz CT molecular complexity index is 440. The maximum Gasteiger partial charge on any atom is 0.0362 e. The summed E-state index contributed by atoms with van der Waals surface area (Å²) in [6.07, 6.45) is 6.18. The van der Waals surface area contributed by atoms with Crippen molar-refractivity contribution in [2.45, 2.75) is 33.1 Å². The second-order valence-electron chi connectivity index (χ2n) is 5.46. The van der Waals surface area contributed by atoms with Crippen LogP contribution in [0.5, 0.6) is 0 Å². The van der Waals surface area contributed by atoms with E-state index < -0.39 is 0 Å². The number of allylic oxidation sites excluding steroid dienone is 2. The van der Waals surface area contributed by atoms with Crippen molar-refractivity contribution in [3.8, 4) is 0 Å². The first-order chi connectivity index (χ1) is 9.22. The molecule has 1 aromatic rings. The van der Waals surface area contributed by atoms with E-state index in [2.05, 4.69) is 61.7 Å². The van der Waals surface area contributed by atoms with E-state index in [1.807, 2.05) is 0 Å². The van der Waals surface area contributed by atoms with Crippen molar-refractivity contribution in [2.24, 2.45) is 5.92 Å². The molecule has 0 aliphatic heterocycles. The molecule has 1 aliphatic rings. The molecular formula is C18H25N. The molecule has 0 bridgehead atoms. The van der Waals surface area contributed by atoms with Crippen LogP contribution in [0.1, 0.15) is 38.7 Å². The molecule has 0 heterocycles. The number of nitrogens with zero attached hydrogens (tertiary/aromatic N) is 1. The van der Waals surface area contributed by atoms with E-state index in [4.69, 9.17) is 0 Å². The van der Waals surface area contributed by atoms with Crippen LogP contribution < -0.4 is 0 Å². The van der Waals surface area contributed by atoms with Gasteiger partial charge in [-0.1, -0.05) is 49.9 Å². The molecule has 102 valence electrons. The van der Waals surface area contributed by atoms with Gasteiger partial charge in [-0.3, -0.25) is 0 Å². The highest BCUT2D eigenvalue weighted by Gasteiger charge is 2.27. The van der Waals surface area contributed by atoms with Crippen molar-refractivity contribution in [2.75, 3.05) is 13.1 Å². The first-order valence-electron chi connectivity index (χ1n) is 7.38. The van der Waals surface area contributed by atoms with E-state index in [-0.39, 0.29) is 0 Å². The van der Waals surface area contributed by atoms with Gasteiger partial charge >= 0.3 is 0 Å². The summed E-state index contributed by atoms with van der Waals surface area (Å²) in [7, 11) is 0. The van der Waals surface area contributed by atoms with Crippen LogP contribution in [0.15, 0.2) is 48.7 Å². The molecule has 0 N–H and O–H groups in total. The lowest BCUT2D eigenvalue weighted by Crippen LogP contribution is -2.24. The minimum atomic E-state index is 0.761.